The molecule has 0 spiro atoms. The molecule has 3 heterocycles. The molecule has 0 radical (unpaired) electrons. The van der Waals surface area contributed by atoms with Crippen LogP contribution in [0.3, 0.4) is 0 Å². The van der Waals surface area contributed by atoms with Crippen molar-refractivity contribution in [2.75, 3.05) is 40.1 Å². The van der Waals surface area contributed by atoms with Gasteiger partial charge in [-0.2, -0.15) is 0 Å². The number of rotatable bonds is 4. The van der Waals surface area contributed by atoms with Crippen molar-refractivity contribution in [3.05, 3.63) is 41.5 Å². The maximum Gasteiger partial charge on any atom is 0.227 e. The SMILES string of the molecule is COc1ccccc1CC(=O)N1CCC[C@@]2(C3=CCOCC3)COCC[C@H]12. The molecule has 0 bridgehead atoms. The van der Waals surface area contributed by atoms with Gasteiger partial charge in [-0.05, 0) is 31.7 Å². The molecule has 4 rings (SSSR count). The van der Waals surface area contributed by atoms with Crippen LogP contribution in [0.5, 0.6) is 5.75 Å². The van der Waals surface area contributed by atoms with Gasteiger partial charge in [-0.1, -0.05) is 29.8 Å². The molecule has 1 aromatic rings. The van der Waals surface area contributed by atoms with Gasteiger partial charge >= 0.3 is 0 Å². The van der Waals surface area contributed by atoms with Gasteiger partial charge in [0.15, 0.2) is 0 Å². The summed E-state index contributed by atoms with van der Waals surface area (Å²) in [5.41, 5.74) is 2.36. The van der Waals surface area contributed by atoms with Gasteiger partial charge in [0.25, 0.3) is 0 Å². The summed E-state index contributed by atoms with van der Waals surface area (Å²) in [6.45, 7) is 3.75. The van der Waals surface area contributed by atoms with Crippen LogP contribution in [0.4, 0.5) is 0 Å². The lowest BCUT2D eigenvalue weighted by molar-refractivity contribution is -0.146. The predicted molar refractivity (Wildman–Crippen MR) is 103 cm³/mol. The van der Waals surface area contributed by atoms with E-state index in [0.29, 0.717) is 13.0 Å². The van der Waals surface area contributed by atoms with Crippen molar-refractivity contribution in [1.82, 2.24) is 4.90 Å². The largest absolute Gasteiger partial charge is 0.496 e. The van der Waals surface area contributed by atoms with E-state index >= 15 is 0 Å². The second-order valence-electron chi connectivity index (χ2n) is 7.75. The van der Waals surface area contributed by atoms with Crippen molar-refractivity contribution in [3.8, 4) is 5.75 Å². The summed E-state index contributed by atoms with van der Waals surface area (Å²) in [5, 5.41) is 0. The zero-order valence-electron chi connectivity index (χ0n) is 16.1. The van der Waals surface area contributed by atoms with Crippen molar-refractivity contribution in [2.45, 2.75) is 38.1 Å². The first-order valence-electron chi connectivity index (χ1n) is 10.0. The normalized spacial score (nSPS) is 28.3. The first-order chi connectivity index (χ1) is 13.2. The van der Waals surface area contributed by atoms with Crippen molar-refractivity contribution < 1.29 is 19.0 Å². The minimum atomic E-state index is -0.0310. The zero-order chi connectivity index (χ0) is 18.7. The molecule has 2 atom stereocenters. The first kappa shape index (κ1) is 18.5. The van der Waals surface area contributed by atoms with Crippen LogP contribution in [-0.2, 0) is 20.7 Å². The van der Waals surface area contributed by atoms with Crippen LogP contribution in [0.1, 0.15) is 31.2 Å². The number of likely N-dealkylation sites (tertiary alicyclic amines) is 1. The van der Waals surface area contributed by atoms with Gasteiger partial charge in [-0.3, -0.25) is 4.79 Å². The maximum atomic E-state index is 13.3. The highest BCUT2D eigenvalue weighted by molar-refractivity contribution is 5.80. The van der Waals surface area contributed by atoms with Crippen molar-refractivity contribution in [2.24, 2.45) is 5.41 Å². The Kier molecular flexibility index (Phi) is 5.50. The molecule has 3 aliphatic heterocycles. The third-order valence-electron chi connectivity index (χ3n) is 6.39. The van der Waals surface area contributed by atoms with Crippen molar-refractivity contribution in [1.29, 1.82) is 0 Å². The number of carbonyl (C=O) groups excluding carboxylic acids is 1. The van der Waals surface area contributed by atoms with E-state index in [0.717, 1.165) is 63.4 Å². The van der Waals surface area contributed by atoms with E-state index in [1.807, 2.05) is 24.3 Å². The highest BCUT2D eigenvalue weighted by Gasteiger charge is 2.50. The summed E-state index contributed by atoms with van der Waals surface area (Å²) >= 11 is 0. The Morgan fingerprint density at radius 3 is 3.00 bits per heavy atom. The van der Waals surface area contributed by atoms with Crippen LogP contribution in [0.2, 0.25) is 0 Å². The van der Waals surface area contributed by atoms with Gasteiger partial charge in [-0.25, -0.2) is 0 Å². The molecular weight excluding hydrogens is 342 g/mol. The number of hydrogen-bond donors (Lipinski definition) is 0. The van der Waals surface area contributed by atoms with E-state index < -0.39 is 0 Å². The quantitative estimate of drug-likeness (QED) is 0.764. The molecular formula is C22H29NO4. The van der Waals surface area contributed by atoms with Crippen LogP contribution in [-0.4, -0.2) is 56.9 Å². The number of benzene rings is 1. The van der Waals surface area contributed by atoms with Gasteiger partial charge in [0.05, 0.1) is 33.4 Å². The Bertz CT molecular complexity index is 712. The lowest BCUT2D eigenvalue weighted by Gasteiger charge is -2.54. The van der Waals surface area contributed by atoms with E-state index in [1.54, 1.807) is 7.11 Å². The fraction of sp³-hybridized carbons (Fsp3) is 0.591. The van der Waals surface area contributed by atoms with Gasteiger partial charge in [-0.15, -0.1) is 0 Å². The van der Waals surface area contributed by atoms with E-state index in [1.165, 1.54) is 5.57 Å². The summed E-state index contributed by atoms with van der Waals surface area (Å²) in [4.78, 5) is 15.4. The summed E-state index contributed by atoms with van der Waals surface area (Å²) in [6.07, 6.45) is 6.61. The Morgan fingerprint density at radius 2 is 2.19 bits per heavy atom. The van der Waals surface area contributed by atoms with E-state index in [9.17, 15) is 4.79 Å². The number of para-hydroxylation sites is 1. The average molecular weight is 371 g/mol. The maximum absolute atomic E-state index is 13.3. The number of carbonyl (C=O) groups is 1. The van der Waals surface area contributed by atoms with Crippen LogP contribution in [0, 0.1) is 5.41 Å². The molecule has 1 amide bonds. The van der Waals surface area contributed by atoms with Gasteiger partial charge in [0.1, 0.15) is 5.75 Å². The Morgan fingerprint density at radius 1 is 1.30 bits per heavy atom. The topological polar surface area (TPSA) is 48.0 Å². The average Bonchev–Trinajstić information content (AvgIpc) is 2.74. The number of methoxy groups -OCH3 is 1. The van der Waals surface area contributed by atoms with E-state index in [-0.39, 0.29) is 17.4 Å². The van der Waals surface area contributed by atoms with Gasteiger partial charge in [0.2, 0.25) is 5.91 Å². The number of fused-ring (bicyclic) bond motifs is 1. The predicted octanol–water partition coefficient (Wildman–Crippen LogP) is 2.98. The van der Waals surface area contributed by atoms with Crippen LogP contribution < -0.4 is 4.74 Å². The third-order valence-corrected chi connectivity index (χ3v) is 6.39. The van der Waals surface area contributed by atoms with Crippen LogP contribution >= 0.6 is 0 Å². The number of amides is 1. The molecule has 27 heavy (non-hydrogen) atoms. The Balaban J connectivity index is 1.59. The van der Waals surface area contributed by atoms with Crippen molar-refractivity contribution >= 4 is 5.91 Å². The number of hydrogen-bond acceptors (Lipinski definition) is 4. The second-order valence-corrected chi connectivity index (χ2v) is 7.75. The highest BCUT2D eigenvalue weighted by atomic mass is 16.5. The van der Waals surface area contributed by atoms with Crippen molar-refractivity contribution in [3.63, 3.8) is 0 Å². The molecule has 146 valence electrons. The summed E-state index contributed by atoms with van der Waals surface area (Å²) in [6, 6.07) is 8.04. The summed E-state index contributed by atoms with van der Waals surface area (Å²) in [5.74, 6) is 0.983. The van der Waals surface area contributed by atoms with Gasteiger partial charge in [0, 0.05) is 30.2 Å². The van der Waals surface area contributed by atoms with E-state index in [2.05, 4.69) is 11.0 Å². The number of nitrogens with zero attached hydrogens (tertiary/aromatic N) is 1. The fourth-order valence-corrected chi connectivity index (χ4v) is 5.09. The minimum Gasteiger partial charge on any atom is -0.496 e. The van der Waals surface area contributed by atoms with E-state index in [4.69, 9.17) is 14.2 Å². The fourth-order valence-electron chi connectivity index (χ4n) is 5.09. The number of piperidine rings is 1. The van der Waals surface area contributed by atoms with Crippen LogP contribution in [0.15, 0.2) is 35.9 Å². The third kappa shape index (κ3) is 3.50. The molecule has 0 N–H and O–H groups in total. The van der Waals surface area contributed by atoms with Crippen LogP contribution in [0.25, 0.3) is 0 Å². The lowest BCUT2D eigenvalue weighted by atomic mass is 9.65. The monoisotopic (exact) mass is 371 g/mol. The smallest absolute Gasteiger partial charge is 0.227 e. The molecule has 3 aliphatic rings. The molecule has 0 aromatic heterocycles. The Hall–Kier alpha value is -1.85. The molecule has 2 fully saturated rings. The first-order valence-corrected chi connectivity index (χ1v) is 10.0. The minimum absolute atomic E-state index is 0.0310. The molecule has 0 unspecified atom stereocenters. The zero-order valence-corrected chi connectivity index (χ0v) is 16.1. The summed E-state index contributed by atoms with van der Waals surface area (Å²) in [7, 11) is 1.66. The second kappa shape index (κ2) is 8.03. The lowest BCUT2D eigenvalue weighted by Crippen LogP contribution is -2.60. The molecule has 2 saturated heterocycles. The standard InChI is InChI=1S/C22H29NO4/c1-25-19-6-3-2-5-17(19)15-21(24)23-11-4-10-22(16-27-14-9-20(22)23)18-7-12-26-13-8-18/h2-3,5-7,20H,4,8-16H2,1H3/t20-,22-/m0/s1. The molecule has 0 saturated carbocycles. The number of ether oxygens (including phenoxy) is 3. The Labute approximate surface area is 161 Å². The molecule has 1 aromatic carbocycles. The summed E-state index contributed by atoms with van der Waals surface area (Å²) < 4.78 is 16.9. The highest BCUT2D eigenvalue weighted by Crippen LogP contribution is 2.48. The molecule has 5 heteroatoms. The molecule has 5 nitrogen and oxygen atoms in total. The molecule has 0 aliphatic carbocycles. The van der Waals surface area contributed by atoms with Gasteiger partial charge < -0.3 is 19.1 Å².